The second-order valence-corrected chi connectivity index (χ2v) is 7.18. The molecule has 1 aliphatic heterocycles. The van der Waals surface area contributed by atoms with Crippen LogP contribution >= 0.6 is 23.2 Å². The van der Waals surface area contributed by atoms with E-state index in [4.69, 9.17) is 32.7 Å². The number of ether oxygens (including phenoxy) is 2. The van der Waals surface area contributed by atoms with Crippen LogP contribution in [0.15, 0.2) is 42.5 Å². The van der Waals surface area contributed by atoms with E-state index in [-0.39, 0.29) is 18.9 Å². The molecule has 3 rings (SSSR count). The minimum Gasteiger partial charge on any atom is -0.495 e. The molecule has 9 heteroatoms. The Hall–Kier alpha value is -2.77. The van der Waals surface area contributed by atoms with E-state index in [9.17, 15) is 14.4 Å². The Morgan fingerprint density at radius 2 is 1.93 bits per heavy atom. The van der Waals surface area contributed by atoms with Gasteiger partial charge in [0, 0.05) is 18.7 Å². The topological polar surface area (TPSA) is 84.9 Å². The highest BCUT2D eigenvalue weighted by atomic mass is 35.5. The standard InChI is InChI=1S/C20H18Cl2N2O5/c1-28-17-5-3-2-4-16(17)24-10-12(8-19(24)26)20(27)29-11-18(25)23-13-6-7-14(21)15(22)9-13/h2-7,9,12H,8,10-11H2,1H3,(H,23,25)/t12-/m0/s1. The van der Waals surface area contributed by atoms with Gasteiger partial charge in [0.1, 0.15) is 5.75 Å². The van der Waals surface area contributed by atoms with Crippen LogP contribution < -0.4 is 15.0 Å². The van der Waals surface area contributed by atoms with E-state index in [1.165, 1.54) is 18.1 Å². The van der Waals surface area contributed by atoms with E-state index in [2.05, 4.69) is 5.32 Å². The number of halogens is 2. The number of nitrogens with zero attached hydrogens (tertiary/aromatic N) is 1. The van der Waals surface area contributed by atoms with Gasteiger partial charge in [0.05, 0.1) is 28.8 Å². The molecule has 0 radical (unpaired) electrons. The minimum absolute atomic E-state index is 0.00525. The maximum absolute atomic E-state index is 12.4. The third-order valence-corrected chi connectivity index (χ3v) is 5.12. The molecular formula is C20H18Cl2N2O5. The summed E-state index contributed by atoms with van der Waals surface area (Å²) in [6, 6.07) is 11.7. The number of rotatable bonds is 6. The first-order chi connectivity index (χ1) is 13.9. The van der Waals surface area contributed by atoms with Gasteiger partial charge in [-0.05, 0) is 30.3 Å². The molecule has 2 amide bonds. The Morgan fingerprint density at radius 3 is 2.66 bits per heavy atom. The lowest BCUT2D eigenvalue weighted by Gasteiger charge is -2.19. The fraction of sp³-hybridized carbons (Fsp3) is 0.250. The summed E-state index contributed by atoms with van der Waals surface area (Å²) in [5.41, 5.74) is 1.02. The minimum atomic E-state index is -0.662. The molecule has 0 saturated carbocycles. The number of hydrogen-bond acceptors (Lipinski definition) is 5. The van der Waals surface area contributed by atoms with Crippen molar-refractivity contribution in [3.63, 3.8) is 0 Å². The molecule has 29 heavy (non-hydrogen) atoms. The summed E-state index contributed by atoms with van der Waals surface area (Å²) >= 11 is 11.7. The summed E-state index contributed by atoms with van der Waals surface area (Å²) in [6.45, 7) is -0.315. The first-order valence-electron chi connectivity index (χ1n) is 8.74. The van der Waals surface area contributed by atoms with E-state index in [0.717, 1.165) is 0 Å². The number of hydrogen-bond donors (Lipinski definition) is 1. The maximum atomic E-state index is 12.4. The summed E-state index contributed by atoms with van der Waals surface area (Å²) in [5.74, 6) is -1.47. The lowest BCUT2D eigenvalue weighted by molar-refractivity contribution is -0.151. The van der Waals surface area contributed by atoms with E-state index in [0.29, 0.717) is 27.2 Å². The van der Waals surface area contributed by atoms with Crippen LogP contribution in [0.2, 0.25) is 10.0 Å². The number of methoxy groups -OCH3 is 1. The molecule has 2 aromatic carbocycles. The van der Waals surface area contributed by atoms with E-state index >= 15 is 0 Å². The van der Waals surface area contributed by atoms with Crippen molar-refractivity contribution in [2.45, 2.75) is 6.42 Å². The van der Waals surface area contributed by atoms with Crippen molar-refractivity contribution in [3.05, 3.63) is 52.5 Å². The van der Waals surface area contributed by atoms with Gasteiger partial charge in [-0.2, -0.15) is 0 Å². The van der Waals surface area contributed by atoms with Gasteiger partial charge in [0.15, 0.2) is 6.61 Å². The number of nitrogens with one attached hydrogen (secondary N) is 1. The van der Waals surface area contributed by atoms with E-state index in [1.54, 1.807) is 36.4 Å². The average Bonchev–Trinajstić information content (AvgIpc) is 3.10. The summed E-state index contributed by atoms with van der Waals surface area (Å²) in [4.78, 5) is 38.2. The molecule has 152 valence electrons. The fourth-order valence-corrected chi connectivity index (χ4v) is 3.27. The van der Waals surface area contributed by atoms with Crippen LogP contribution in [0.3, 0.4) is 0 Å². The molecule has 1 atom stereocenters. The van der Waals surface area contributed by atoms with E-state index < -0.39 is 24.4 Å². The zero-order chi connectivity index (χ0) is 21.0. The number of amides is 2. The van der Waals surface area contributed by atoms with Gasteiger partial charge in [-0.3, -0.25) is 14.4 Å². The normalized spacial score (nSPS) is 15.9. The predicted octanol–water partition coefficient (Wildman–Crippen LogP) is 3.54. The van der Waals surface area contributed by atoms with Gasteiger partial charge < -0.3 is 19.7 Å². The Morgan fingerprint density at radius 1 is 1.17 bits per heavy atom. The number of esters is 1. The van der Waals surface area contributed by atoms with Gasteiger partial charge in [-0.25, -0.2) is 0 Å². The highest BCUT2D eigenvalue weighted by Crippen LogP contribution is 2.33. The van der Waals surface area contributed by atoms with Gasteiger partial charge in [0.2, 0.25) is 5.91 Å². The van der Waals surface area contributed by atoms with Crippen LogP contribution in [0, 0.1) is 5.92 Å². The summed E-state index contributed by atoms with van der Waals surface area (Å²) < 4.78 is 10.4. The van der Waals surface area contributed by atoms with Crippen molar-refractivity contribution in [1.82, 2.24) is 0 Å². The number of carbonyl (C=O) groups is 3. The van der Waals surface area contributed by atoms with Crippen molar-refractivity contribution in [2.75, 3.05) is 30.5 Å². The van der Waals surface area contributed by atoms with Crippen LogP contribution in [0.4, 0.5) is 11.4 Å². The van der Waals surface area contributed by atoms with Gasteiger partial charge in [-0.15, -0.1) is 0 Å². The first-order valence-corrected chi connectivity index (χ1v) is 9.49. The molecule has 0 bridgehead atoms. The molecule has 1 saturated heterocycles. The Bertz CT molecular complexity index is 950. The lowest BCUT2D eigenvalue weighted by Crippen LogP contribution is -2.28. The third-order valence-electron chi connectivity index (χ3n) is 4.38. The van der Waals surface area contributed by atoms with Crippen LogP contribution in [-0.4, -0.2) is 38.0 Å². The van der Waals surface area contributed by atoms with Crippen molar-refractivity contribution in [3.8, 4) is 5.75 Å². The molecule has 0 aromatic heterocycles. The van der Waals surface area contributed by atoms with Crippen LogP contribution in [0.25, 0.3) is 0 Å². The second-order valence-electron chi connectivity index (χ2n) is 6.36. The SMILES string of the molecule is COc1ccccc1N1C[C@@H](C(=O)OCC(=O)Nc2ccc(Cl)c(Cl)c2)CC1=O. The molecule has 1 aliphatic rings. The fourth-order valence-electron chi connectivity index (χ4n) is 2.98. The summed E-state index contributed by atoms with van der Waals surface area (Å²) in [5, 5.41) is 3.22. The van der Waals surface area contributed by atoms with Crippen molar-refractivity contribution in [1.29, 1.82) is 0 Å². The monoisotopic (exact) mass is 436 g/mol. The number of benzene rings is 2. The van der Waals surface area contributed by atoms with Crippen molar-refractivity contribution >= 4 is 52.4 Å². The third kappa shape index (κ3) is 4.99. The van der Waals surface area contributed by atoms with Crippen molar-refractivity contribution < 1.29 is 23.9 Å². The largest absolute Gasteiger partial charge is 0.495 e. The van der Waals surface area contributed by atoms with Crippen LogP contribution in [-0.2, 0) is 19.1 Å². The predicted molar refractivity (Wildman–Crippen MR) is 110 cm³/mol. The maximum Gasteiger partial charge on any atom is 0.311 e. The molecule has 2 aromatic rings. The highest BCUT2D eigenvalue weighted by molar-refractivity contribution is 6.42. The van der Waals surface area contributed by atoms with Gasteiger partial charge in [-0.1, -0.05) is 35.3 Å². The highest BCUT2D eigenvalue weighted by Gasteiger charge is 2.37. The lowest BCUT2D eigenvalue weighted by atomic mass is 10.1. The Labute approximate surface area is 177 Å². The molecule has 1 N–H and O–H groups in total. The van der Waals surface area contributed by atoms with Crippen LogP contribution in [0.1, 0.15) is 6.42 Å². The Balaban J connectivity index is 1.55. The van der Waals surface area contributed by atoms with Crippen molar-refractivity contribution in [2.24, 2.45) is 5.92 Å². The molecule has 0 spiro atoms. The molecule has 1 fully saturated rings. The molecule has 0 aliphatic carbocycles. The Kier molecular flexibility index (Phi) is 6.61. The van der Waals surface area contributed by atoms with E-state index in [1.807, 2.05) is 0 Å². The first kappa shape index (κ1) is 21.0. The summed E-state index contributed by atoms with van der Waals surface area (Å²) in [6.07, 6.45) is 0.00525. The quantitative estimate of drug-likeness (QED) is 0.699. The second kappa shape index (κ2) is 9.15. The summed E-state index contributed by atoms with van der Waals surface area (Å²) in [7, 11) is 1.51. The molecule has 0 unspecified atom stereocenters. The van der Waals surface area contributed by atoms with Crippen LogP contribution in [0.5, 0.6) is 5.75 Å². The zero-order valence-electron chi connectivity index (χ0n) is 15.5. The van der Waals surface area contributed by atoms with Gasteiger partial charge in [0.25, 0.3) is 5.91 Å². The smallest absolute Gasteiger partial charge is 0.311 e. The molecule has 7 nitrogen and oxygen atoms in total. The number of para-hydroxylation sites is 2. The number of anilines is 2. The molecule has 1 heterocycles. The molecular weight excluding hydrogens is 419 g/mol. The zero-order valence-corrected chi connectivity index (χ0v) is 17.0. The van der Waals surface area contributed by atoms with Gasteiger partial charge >= 0.3 is 5.97 Å². The average molecular weight is 437 g/mol. The number of carbonyl (C=O) groups excluding carboxylic acids is 3.